The number of amides is 2. The van der Waals surface area contributed by atoms with E-state index in [4.69, 9.17) is 9.47 Å². The maximum atomic E-state index is 12.3. The molecular formula is C21H18INO4S. The average molecular weight is 507 g/mol. The summed E-state index contributed by atoms with van der Waals surface area (Å²) in [5.41, 5.74) is 1.81. The van der Waals surface area contributed by atoms with Crippen LogP contribution in [0.25, 0.3) is 6.08 Å². The van der Waals surface area contributed by atoms with Gasteiger partial charge in [-0.2, -0.15) is 0 Å². The minimum Gasteiger partial charge on any atom is -0.493 e. The Balaban J connectivity index is 1.76. The van der Waals surface area contributed by atoms with E-state index in [2.05, 4.69) is 29.2 Å². The summed E-state index contributed by atoms with van der Waals surface area (Å²) in [6, 6.07) is 13.5. The molecule has 1 aliphatic rings. The third-order valence-corrected chi connectivity index (χ3v) is 5.60. The Morgan fingerprint density at radius 2 is 1.89 bits per heavy atom. The molecule has 0 aromatic heterocycles. The van der Waals surface area contributed by atoms with Crippen LogP contribution in [0.3, 0.4) is 0 Å². The van der Waals surface area contributed by atoms with Crippen molar-refractivity contribution < 1.29 is 19.1 Å². The van der Waals surface area contributed by atoms with Gasteiger partial charge in [0.05, 0.1) is 12.0 Å². The molecular weight excluding hydrogens is 489 g/mol. The second-order valence-corrected chi connectivity index (χ2v) is 8.15. The van der Waals surface area contributed by atoms with E-state index in [0.717, 1.165) is 22.9 Å². The van der Waals surface area contributed by atoms with Crippen LogP contribution < -0.4 is 9.47 Å². The van der Waals surface area contributed by atoms with Crippen LogP contribution in [0.5, 0.6) is 11.5 Å². The van der Waals surface area contributed by atoms with E-state index in [1.165, 1.54) is 14.5 Å². The van der Waals surface area contributed by atoms with Crippen molar-refractivity contribution >= 4 is 51.6 Å². The minimum absolute atomic E-state index is 0.205. The maximum absolute atomic E-state index is 12.3. The van der Waals surface area contributed by atoms with Crippen molar-refractivity contribution in [3.8, 4) is 11.5 Å². The number of thioether (sulfide) groups is 1. The van der Waals surface area contributed by atoms with Gasteiger partial charge in [-0.05, 0) is 75.8 Å². The normalized spacial score (nSPS) is 15.2. The van der Waals surface area contributed by atoms with Crippen LogP contribution in [0.2, 0.25) is 0 Å². The Bertz CT molecular complexity index is 940. The summed E-state index contributed by atoms with van der Waals surface area (Å²) in [6.45, 7) is 4.20. The number of carbonyl (C=O) groups is 2. The molecule has 0 bridgehead atoms. The third-order valence-electron chi connectivity index (χ3n) is 3.98. The van der Waals surface area contributed by atoms with Crippen molar-refractivity contribution in [2.45, 2.75) is 6.61 Å². The lowest BCUT2D eigenvalue weighted by Crippen LogP contribution is -2.27. The minimum atomic E-state index is -0.312. The van der Waals surface area contributed by atoms with E-state index in [1.807, 2.05) is 30.3 Å². The first-order valence-electron chi connectivity index (χ1n) is 8.43. The molecule has 144 valence electrons. The van der Waals surface area contributed by atoms with Crippen LogP contribution in [0.1, 0.15) is 11.1 Å². The summed E-state index contributed by atoms with van der Waals surface area (Å²) in [5, 5.41) is -0.291. The van der Waals surface area contributed by atoms with E-state index in [9.17, 15) is 9.59 Å². The highest BCUT2D eigenvalue weighted by Gasteiger charge is 2.34. The van der Waals surface area contributed by atoms with Crippen LogP contribution in [0, 0.1) is 3.57 Å². The van der Waals surface area contributed by atoms with E-state index < -0.39 is 0 Å². The molecule has 2 amide bonds. The number of halogens is 1. The molecule has 2 aromatic rings. The van der Waals surface area contributed by atoms with Crippen molar-refractivity contribution in [2.75, 3.05) is 13.7 Å². The fourth-order valence-electron chi connectivity index (χ4n) is 2.57. The molecule has 3 rings (SSSR count). The third kappa shape index (κ3) is 4.77. The number of carbonyl (C=O) groups excluding carboxylic acids is 2. The largest absolute Gasteiger partial charge is 0.493 e. The van der Waals surface area contributed by atoms with Gasteiger partial charge in [0.2, 0.25) is 0 Å². The average Bonchev–Trinajstić information content (AvgIpc) is 2.96. The Morgan fingerprint density at radius 1 is 1.14 bits per heavy atom. The van der Waals surface area contributed by atoms with Gasteiger partial charge < -0.3 is 9.47 Å². The van der Waals surface area contributed by atoms with Gasteiger partial charge >= 0.3 is 0 Å². The first-order valence-corrected chi connectivity index (χ1v) is 10.3. The fourth-order valence-corrected chi connectivity index (χ4v) is 3.78. The van der Waals surface area contributed by atoms with Crippen LogP contribution in [-0.4, -0.2) is 29.7 Å². The Morgan fingerprint density at radius 3 is 2.57 bits per heavy atom. The highest BCUT2D eigenvalue weighted by molar-refractivity contribution is 14.1. The second-order valence-electron chi connectivity index (χ2n) is 5.91. The van der Waals surface area contributed by atoms with Crippen molar-refractivity contribution in [3.63, 3.8) is 0 Å². The molecule has 1 aliphatic heterocycles. The summed E-state index contributed by atoms with van der Waals surface area (Å²) in [6.07, 6.45) is 3.21. The highest BCUT2D eigenvalue weighted by Crippen LogP contribution is 2.34. The monoisotopic (exact) mass is 507 g/mol. The zero-order valence-corrected chi connectivity index (χ0v) is 18.2. The number of benzene rings is 2. The van der Waals surface area contributed by atoms with Gasteiger partial charge in [0, 0.05) is 10.1 Å². The molecule has 0 N–H and O–H groups in total. The Labute approximate surface area is 181 Å². The van der Waals surface area contributed by atoms with Gasteiger partial charge in [0.15, 0.2) is 11.5 Å². The summed E-state index contributed by atoms with van der Waals surface area (Å²) in [7, 11) is 1.56. The van der Waals surface area contributed by atoms with Gasteiger partial charge in [-0.1, -0.05) is 24.3 Å². The molecule has 28 heavy (non-hydrogen) atoms. The van der Waals surface area contributed by atoms with Crippen LogP contribution >= 0.6 is 34.4 Å². The molecule has 0 aliphatic carbocycles. The quantitative estimate of drug-likeness (QED) is 0.297. The lowest BCUT2D eigenvalue weighted by Gasteiger charge is -2.12. The van der Waals surface area contributed by atoms with Gasteiger partial charge in [-0.25, -0.2) is 0 Å². The van der Waals surface area contributed by atoms with Crippen LogP contribution in [0.4, 0.5) is 4.79 Å². The van der Waals surface area contributed by atoms with Gasteiger partial charge in [0.1, 0.15) is 6.61 Å². The maximum Gasteiger partial charge on any atom is 0.293 e. The van der Waals surface area contributed by atoms with Crippen LogP contribution in [-0.2, 0) is 11.4 Å². The molecule has 0 radical (unpaired) electrons. The summed E-state index contributed by atoms with van der Waals surface area (Å²) in [4.78, 5) is 25.8. The van der Waals surface area contributed by atoms with Crippen molar-refractivity contribution in [3.05, 3.63) is 74.7 Å². The molecule has 2 aromatic carbocycles. The summed E-state index contributed by atoms with van der Waals surface area (Å²) < 4.78 is 12.5. The van der Waals surface area contributed by atoms with Gasteiger partial charge in [-0.15, -0.1) is 6.58 Å². The zero-order chi connectivity index (χ0) is 20.1. The van der Waals surface area contributed by atoms with E-state index >= 15 is 0 Å². The van der Waals surface area contributed by atoms with Gasteiger partial charge in [-0.3, -0.25) is 14.5 Å². The number of methoxy groups -OCH3 is 1. The van der Waals surface area contributed by atoms with Gasteiger partial charge in [0.25, 0.3) is 11.1 Å². The molecule has 5 nitrogen and oxygen atoms in total. The first-order chi connectivity index (χ1) is 13.5. The molecule has 7 heteroatoms. The smallest absolute Gasteiger partial charge is 0.293 e. The standard InChI is InChI=1S/C21H18INO4S/c1-3-10-23-20(24)19(28-21(23)25)12-15-6-9-17(18(11-15)26-2)27-13-14-4-7-16(22)8-5-14/h3-9,11-12H,1,10,13H2,2H3/b19-12+. The lowest BCUT2D eigenvalue weighted by molar-refractivity contribution is -0.122. The SMILES string of the molecule is C=CCN1C(=O)S/C(=C/c2ccc(OCc3ccc(I)cc3)c(OC)c2)C1=O. The number of hydrogen-bond donors (Lipinski definition) is 0. The predicted molar refractivity (Wildman–Crippen MR) is 119 cm³/mol. The van der Waals surface area contributed by atoms with Crippen molar-refractivity contribution in [1.29, 1.82) is 0 Å². The Kier molecular flexibility index (Phi) is 6.79. The second kappa shape index (κ2) is 9.29. The van der Waals surface area contributed by atoms with Crippen molar-refractivity contribution in [2.24, 2.45) is 0 Å². The number of rotatable bonds is 7. The number of imide groups is 1. The van der Waals surface area contributed by atoms with Crippen LogP contribution in [0.15, 0.2) is 60.0 Å². The first kappa shape index (κ1) is 20.5. The molecule has 1 heterocycles. The topological polar surface area (TPSA) is 55.8 Å². The fraction of sp³-hybridized carbons (Fsp3) is 0.143. The van der Waals surface area contributed by atoms with E-state index in [0.29, 0.717) is 23.0 Å². The van der Waals surface area contributed by atoms with E-state index in [1.54, 1.807) is 25.3 Å². The lowest BCUT2D eigenvalue weighted by atomic mass is 10.1. The molecule has 1 fully saturated rings. The highest BCUT2D eigenvalue weighted by atomic mass is 127. The van der Waals surface area contributed by atoms with E-state index in [-0.39, 0.29) is 17.7 Å². The molecule has 0 unspecified atom stereocenters. The Hall–Kier alpha value is -2.26. The zero-order valence-electron chi connectivity index (χ0n) is 15.2. The predicted octanol–water partition coefficient (Wildman–Crippen LogP) is 5.10. The number of ether oxygens (including phenoxy) is 2. The molecule has 1 saturated heterocycles. The molecule has 0 saturated carbocycles. The summed E-state index contributed by atoms with van der Waals surface area (Å²) >= 11 is 3.18. The number of hydrogen-bond acceptors (Lipinski definition) is 5. The summed E-state index contributed by atoms with van der Waals surface area (Å²) in [5.74, 6) is 0.857. The molecule has 0 spiro atoms. The molecule has 0 atom stereocenters. The van der Waals surface area contributed by atoms with Crippen molar-refractivity contribution in [1.82, 2.24) is 4.90 Å². The number of nitrogens with zero attached hydrogens (tertiary/aromatic N) is 1.